The summed E-state index contributed by atoms with van der Waals surface area (Å²) in [5.74, 6) is 0.791. The maximum atomic E-state index is 12.6. The number of rotatable bonds is 3. The zero-order valence-electron chi connectivity index (χ0n) is 12.3. The van der Waals surface area contributed by atoms with Gasteiger partial charge in [-0.05, 0) is 36.8 Å². The smallest absolute Gasteiger partial charge is 0.241 e. The number of nitrogens with zero attached hydrogens (tertiary/aromatic N) is 1. The van der Waals surface area contributed by atoms with Gasteiger partial charge in [-0.15, -0.1) is 11.8 Å². The van der Waals surface area contributed by atoms with Crippen molar-refractivity contribution in [1.82, 2.24) is 0 Å². The average Bonchev–Trinajstić information content (AvgIpc) is 2.83. The maximum Gasteiger partial charge on any atom is 0.241 e. The number of benzene rings is 2. The highest BCUT2D eigenvalue weighted by Gasteiger charge is 2.40. The monoisotopic (exact) mass is 333 g/mol. The molecular formula is C17H16ClNO2S. The fourth-order valence-corrected chi connectivity index (χ4v) is 3.95. The van der Waals surface area contributed by atoms with Crippen LogP contribution in [0.2, 0.25) is 5.02 Å². The van der Waals surface area contributed by atoms with Crippen LogP contribution in [-0.4, -0.2) is 18.3 Å². The Hall–Kier alpha value is -1.65. The van der Waals surface area contributed by atoms with Crippen LogP contribution in [0.1, 0.15) is 17.9 Å². The second-order valence-electron chi connectivity index (χ2n) is 5.06. The highest BCUT2D eigenvalue weighted by Crippen LogP contribution is 2.47. The Balaban J connectivity index is 2.05. The van der Waals surface area contributed by atoms with Gasteiger partial charge in [-0.1, -0.05) is 35.9 Å². The van der Waals surface area contributed by atoms with Gasteiger partial charge in [0, 0.05) is 5.02 Å². The van der Waals surface area contributed by atoms with Crippen molar-refractivity contribution in [3.63, 3.8) is 0 Å². The molecule has 0 radical (unpaired) electrons. The minimum Gasteiger partial charge on any atom is -0.495 e. The summed E-state index contributed by atoms with van der Waals surface area (Å²) < 4.78 is 5.42. The van der Waals surface area contributed by atoms with E-state index in [-0.39, 0.29) is 16.5 Å². The molecule has 3 rings (SSSR count). The van der Waals surface area contributed by atoms with Crippen LogP contribution < -0.4 is 9.64 Å². The van der Waals surface area contributed by atoms with Gasteiger partial charge in [-0.25, -0.2) is 0 Å². The van der Waals surface area contributed by atoms with Gasteiger partial charge in [0.15, 0.2) is 0 Å². The molecule has 0 bridgehead atoms. The number of methoxy groups -OCH3 is 1. The molecule has 0 N–H and O–H groups in total. The van der Waals surface area contributed by atoms with E-state index < -0.39 is 0 Å². The summed E-state index contributed by atoms with van der Waals surface area (Å²) >= 11 is 7.60. The quantitative estimate of drug-likeness (QED) is 0.827. The first kappa shape index (κ1) is 15.3. The molecule has 5 heteroatoms. The lowest BCUT2D eigenvalue weighted by molar-refractivity contribution is -0.117. The van der Waals surface area contributed by atoms with Crippen molar-refractivity contribution in [3.05, 3.63) is 59.1 Å². The van der Waals surface area contributed by atoms with Crippen molar-refractivity contribution in [1.29, 1.82) is 0 Å². The number of thioether (sulfide) groups is 1. The number of hydrogen-bond acceptors (Lipinski definition) is 3. The topological polar surface area (TPSA) is 29.5 Å². The van der Waals surface area contributed by atoms with Gasteiger partial charge < -0.3 is 4.74 Å². The predicted octanol–water partition coefficient (Wildman–Crippen LogP) is 4.52. The van der Waals surface area contributed by atoms with Gasteiger partial charge in [0.1, 0.15) is 11.1 Å². The van der Waals surface area contributed by atoms with E-state index in [0.29, 0.717) is 10.8 Å². The summed E-state index contributed by atoms with van der Waals surface area (Å²) in [7, 11) is 1.62. The van der Waals surface area contributed by atoms with Crippen LogP contribution in [0.3, 0.4) is 0 Å². The number of para-hydroxylation sites is 2. The minimum absolute atomic E-state index is 0.0731. The van der Waals surface area contributed by atoms with Gasteiger partial charge in [0.25, 0.3) is 0 Å². The number of amides is 1. The van der Waals surface area contributed by atoms with Crippen LogP contribution in [0.4, 0.5) is 5.69 Å². The first-order valence-electron chi connectivity index (χ1n) is 6.99. The molecule has 0 aliphatic carbocycles. The van der Waals surface area contributed by atoms with Crippen molar-refractivity contribution < 1.29 is 9.53 Å². The Labute approximate surface area is 139 Å². The summed E-state index contributed by atoms with van der Waals surface area (Å²) in [4.78, 5) is 14.5. The lowest BCUT2D eigenvalue weighted by Gasteiger charge is -2.25. The van der Waals surface area contributed by atoms with E-state index in [2.05, 4.69) is 0 Å². The number of carbonyl (C=O) groups is 1. The molecule has 0 spiro atoms. The molecule has 1 aliphatic rings. The van der Waals surface area contributed by atoms with Crippen molar-refractivity contribution in [3.8, 4) is 5.75 Å². The van der Waals surface area contributed by atoms with Crippen LogP contribution in [0.15, 0.2) is 48.5 Å². The number of ether oxygens (including phenoxy) is 1. The minimum atomic E-state index is -0.0920. The first-order chi connectivity index (χ1) is 10.6. The molecule has 1 saturated heterocycles. The molecule has 1 fully saturated rings. The summed E-state index contributed by atoms with van der Waals surface area (Å²) in [5, 5.41) is 0.525. The molecule has 0 saturated carbocycles. The molecule has 1 heterocycles. The molecule has 22 heavy (non-hydrogen) atoms. The molecule has 1 amide bonds. The Morgan fingerprint density at radius 1 is 1.14 bits per heavy atom. The third kappa shape index (κ3) is 2.69. The van der Waals surface area contributed by atoms with Crippen molar-refractivity contribution >= 4 is 35.0 Å². The van der Waals surface area contributed by atoms with E-state index in [1.165, 1.54) is 0 Å². The predicted molar refractivity (Wildman–Crippen MR) is 91.7 cm³/mol. The SMILES string of the molecule is COc1ccccc1N1C(=O)C(C)SC1c1ccc(Cl)cc1. The van der Waals surface area contributed by atoms with Gasteiger partial charge >= 0.3 is 0 Å². The third-order valence-electron chi connectivity index (χ3n) is 3.65. The first-order valence-corrected chi connectivity index (χ1v) is 8.31. The summed E-state index contributed by atoms with van der Waals surface area (Å²) in [6.07, 6.45) is 0. The molecule has 2 atom stereocenters. The molecule has 2 unspecified atom stereocenters. The van der Waals surface area contributed by atoms with Crippen molar-refractivity contribution in [2.75, 3.05) is 12.0 Å². The third-order valence-corrected chi connectivity index (χ3v) is 5.26. The highest BCUT2D eigenvalue weighted by molar-refractivity contribution is 8.01. The molecule has 114 valence electrons. The second-order valence-corrected chi connectivity index (χ2v) is 6.92. The standard InChI is InChI=1S/C17H16ClNO2S/c1-11-16(20)19(14-5-3-4-6-15(14)21-2)17(22-11)12-7-9-13(18)10-8-12/h3-11,17H,1-2H3. The number of carbonyl (C=O) groups excluding carboxylic acids is 1. The number of hydrogen-bond donors (Lipinski definition) is 0. The molecule has 1 aliphatic heterocycles. The largest absolute Gasteiger partial charge is 0.495 e. The van der Waals surface area contributed by atoms with E-state index in [1.807, 2.05) is 60.4 Å². The van der Waals surface area contributed by atoms with Gasteiger partial charge in [0.2, 0.25) is 5.91 Å². The van der Waals surface area contributed by atoms with E-state index >= 15 is 0 Å². The highest BCUT2D eigenvalue weighted by atomic mass is 35.5. The van der Waals surface area contributed by atoms with Crippen LogP contribution in [-0.2, 0) is 4.79 Å². The zero-order chi connectivity index (χ0) is 15.7. The Morgan fingerprint density at radius 3 is 2.50 bits per heavy atom. The summed E-state index contributed by atoms with van der Waals surface area (Å²) in [6.45, 7) is 1.94. The van der Waals surface area contributed by atoms with Crippen LogP contribution in [0.5, 0.6) is 5.75 Å². The lowest BCUT2D eigenvalue weighted by atomic mass is 10.1. The molecule has 2 aromatic carbocycles. The number of halogens is 1. The van der Waals surface area contributed by atoms with E-state index in [1.54, 1.807) is 18.9 Å². The fourth-order valence-electron chi connectivity index (χ4n) is 2.55. The van der Waals surface area contributed by atoms with E-state index in [9.17, 15) is 4.79 Å². The molecular weight excluding hydrogens is 318 g/mol. The van der Waals surface area contributed by atoms with Crippen LogP contribution >= 0.6 is 23.4 Å². The van der Waals surface area contributed by atoms with Gasteiger partial charge in [0.05, 0.1) is 18.0 Å². The normalized spacial score (nSPS) is 21.2. The molecule has 3 nitrogen and oxygen atoms in total. The van der Waals surface area contributed by atoms with E-state index in [4.69, 9.17) is 16.3 Å². The fraction of sp³-hybridized carbons (Fsp3) is 0.235. The van der Waals surface area contributed by atoms with Crippen molar-refractivity contribution in [2.24, 2.45) is 0 Å². The van der Waals surface area contributed by atoms with Crippen LogP contribution in [0, 0.1) is 0 Å². The van der Waals surface area contributed by atoms with Gasteiger partial charge in [-0.2, -0.15) is 0 Å². The summed E-state index contributed by atoms with van der Waals surface area (Å²) in [5.41, 5.74) is 1.85. The Morgan fingerprint density at radius 2 is 1.82 bits per heavy atom. The zero-order valence-corrected chi connectivity index (χ0v) is 13.9. The Kier molecular flexibility index (Phi) is 4.32. The molecule has 0 aromatic heterocycles. The van der Waals surface area contributed by atoms with Gasteiger partial charge in [-0.3, -0.25) is 9.69 Å². The second kappa shape index (κ2) is 6.23. The Bertz CT molecular complexity index is 689. The lowest BCUT2D eigenvalue weighted by Crippen LogP contribution is -2.30. The number of anilines is 1. The maximum absolute atomic E-state index is 12.6. The average molecular weight is 334 g/mol. The van der Waals surface area contributed by atoms with Crippen LogP contribution in [0.25, 0.3) is 0 Å². The summed E-state index contributed by atoms with van der Waals surface area (Å²) in [6, 6.07) is 15.2. The van der Waals surface area contributed by atoms with E-state index in [0.717, 1.165) is 11.3 Å². The van der Waals surface area contributed by atoms with Crippen molar-refractivity contribution in [2.45, 2.75) is 17.5 Å². The molecule has 2 aromatic rings.